The number of amides is 2. The van der Waals surface area contributed by atoms with Crippen LogP contribution in [0.15, 0.2) is 29.5 Å². The maximum absolute atomic E-state index is 13.4. The van der Waals surface area contributed by atoms with E-state index in [0.29, 0.717) is 24.8 Å². The molecule has 0 radical (unpaired) electrons. The predicted octanol–water partition coefficient (Wildman–Crippen LogP) is 3.89. The first-order valence-corrected chi connectivity index (χ1v) is 10.2. The van der Waals surface area contributed by atoms with E-state index in [1.807, 2.05) is 6.92 Å². The fourth-order valence-electron chi connectivity index (χ4n) is 4.26. The largest absolute Gasteiger partial charge is 0.484 e. The number of hydrogen-bond acceptors (Lipinski definition) is 4. The third-order valence-electron chi connectivity index (χ3n) is 6.10. The van der Waals surface area contributed by atoms with Crippen molar-refractivity contribution >= 4 is 23.6 Å². The minimum Gasteiger partial charge on any atom is -0.484 e. The molecule has 2 fully saturated rings. The summed E-state index contributed by atoms with van der Waals surface area (Å²) in [6.07, 6.45) is 2.53. The molecule has 3 aliphatic rings. The van der Waals surface area contributed by atoms with Crippen molar-refractivity contribution in [1.82, 2.24) is 10.2 Å². The summed E-state index contributed by atoms with van der Waals surface area (Å²) < 4.78 is 24.3. The number of carbonyl (C=O) groups excluding carboxylic acids is 2. The van der Waals surface area contributed by atoms with Crippen molar-refractivity contribution in [2.24, 2.45) is 11.8 Å². The number of cyclic esters (lactones) is 1. The molecule has 2 unspecified atom stereocenters. The van der Waals surface area contributed by atoms with Crippen LogP contribution in [-0.4, -0.2) is 42.2 Å². The summed E-state index contributed by atoms with van der Waals surface area (Å²) in [6, 6.07) is 3.98. The van der Waals surface area contributed by atoms with E-state index >= 15 is 0 Å². The van der Waals surface area contributed by atoms with Crippen LogP contribution >= 0.6 is 11.6 Å². The smallest absolute Gasteiger partial charge is 0.410 e. The van der Waals surface area contributed by atoms with Crippen LogP contribution in [0.5, 0.6) is 5.75 Å². The second kappa shape index (κ2) is 7.86. The highest BCUT2D eigenvalue weighted by Gasteiger charge is 2.46. The van der Waals surface area contributed by atoms with E-state index in [1.165, 1.54) is 12.1 Å². The van der Waals surface area contributed by atoms with Crippen molar-refractivity contribution in [1.29, 1.82) is 0 Å². The van der Waals surface area contributed by atoms with Gasteiger partial charge < -0.3 is 14.8 Å². The summed E-state index contributed by atoms with van der Waals surface area (Å²) in [5.74, 6) is 0.481. The second-order valence-electron chi connectivity index (χ2n) is 8.21. The Kier molecular flexibility index (Phi) is 5.42. The third-order valence-corrected chi connectivity index (χ3v) is 6.41. The first-order chi connectivity index (χ1) is 13.8. The van der Waals surface area contributed by atoms with Crippen molar-refractivity contribution in [2.45, 2.75) is 45.3 Å². The Balaban J connectivity index is 1.27. The second-order valence-corrected chi connectivity index (χ2v) is 8.61. The molecule has 0 bridgehead atoms. The number of hydrogen-bond donors (Lipinski definition) is 1. The molecular formula is C21H24ClFN2O4. The summed E-state index contributed by atoms with van der Waals surface area (Å²) in [5, 5.41) is 2.81. The molecule has 2 aliphatic carbocycles. The maximum atomic E-state index is 13.4. The van der Waals surface area contributed by atoms with Crippen molar-refractivity contribution < 1.29 is 23.5 Å². The molecule has 8 heteroatoms. The summed E-state index contributed by atoms with van der Waals surface area (Å²) in [6.45, 7) is 4.50. The highest BCUT2D eigenvalue weighted by atomic mass is 35.5. The number of halogens is 2. The Morgan fingerprint density at radius 3 is 2.83 bits per heavy atom. The van der Waals surface area contributed by atoms with Gasteiger partial charge >= 0.3 is 6.09 Å². The van der Waals surface area contributed by atoms with Gasteiger partial charge in [-0.1, -0.05) is 18.5 Å². The SMILES string of the molecule is CC1=C(NC(=O)COc2ccc(Cl)c(F)c2)CC1N1CC(C2CC(C)C2)OC1=O. The maximum Gasteiger partial charge on any atom is 0.410 e. The number of benzene rings is 1. The molecule has 1 N–H and O–H groups in total. The normalized spacial score (nSPS) is 28.6. The van der Waals surface area contributed by atoms with Gasteiger partial charge in [0.2, 0.25) is 0 Å². The molecule has 2 amide bonds. The lowest BCUT2D eigenvalue weighted by Crippen LogP contribution is -2.47. The lowest BCUT2D eigenvalue weighted by molar-refractivity contribution is -0.122. The zero-order valence-corrected chi connectivity index (χ0v) is 17.2. The molecule has 1 heterocycles. The Labute approximate surface area is 174 Å². The Morgan fingerprint density at radius 2 is 2.17 bits per heavy atom. The zero-order valence-electron chi connectivity index (χ0n) is 16.4. The van der Waals surface area contributed by atoms with Gasteiger partial charge in [0.15, 0.2) is 6.61 Å². The molecule has 1 aliphatic heterocycles. The van der Waals surface area contributed by atoms with Gasteiger partial charge in [-0.3, -0.25) is 9.69 Å². The average molecular weight is 423 g/mol. The van der Waals surface area contributed by atoms with Gasteiger partial charge in [-0.25, -0.2) is 9.18 Å². The molecule has 156 valence electrons. The van der Waals surface area contributed by atoms with Crippen LogP contribution in [0.1, 0.15) is 33.1 Å². The quantitative estimate of drug-likeness (QED) is 0.755. The molecule has 0 spiro atoms. The average Bonchev–Trinajstić information content (AvgIpc) is 3.03. The molecule has 1 saturated heterocycles. The number of carbonyl (C=O) groups is 2. The monoisotopic (exact) mass is 422 g/mol. The van der Waals surface area contributed by atoms with Crippen LogP contribution < -0.4 is 10.1 Å². The highest BCUT2D eigenvalue weighted by Crippen LogP contribution is 2.41. The van der Waals surface area contributed by atoms with Crippen LogP contribution in [0.3, 0.4) is 0 Å². The van der Waals surface area contributed by atoms with Gasteiger partial charge in [0, 0.05) is 18.2 Å². The molecule has 1 saturated carbocycles. The van der Waals surface area contributed by atoms with E-state index in [9.17, 15) is 14.0 Å². The van der Waals surface area contributed by atoms with Crippen molar-refractivity contribution in [3.63, 3.8) is 0 Å². The fraction of sp³-hybridized carbons (Fsp3) is 0.524. The van der Waals surface area contributed by atoms with Crippen LogP contribution in [-0.2, 0) is 9.53 Å². The van der Waals surface area contributed by atoms with Crippen molar-refractivity contribution in [3.05, 3.63) is 40.3 Å². The van der Waals surface area contributed by atoms with Gasteiger partial charge in [0.1, 0.15) is 17.7 Å². The summed E-state index contributed by atoms with van der Waals surface area (Å²) in [7, 11) is 0. The van der Waals surface area contributed by atoms with E-state index in [1.54, 1.807) is 4.90 Å². The van der Waals surface area contributed by atoms with Gasteiger partial charge in [-0.15, -0.1) is 0 Å². The van der Waals surface area contributed by atoms with Crippen LogP contribution in [0.25, 0.3) is 0 Å². The van der Waals surface area contributed by atoms with Gasteiger partial charge in [-0.2, -0.15) is 0 Å². The molecular weight excluding hydrogens is 399 g/mol. The van der Waals surface area contributed by atoms with Crippen LogP contribution in [0, 0.1) is 17.7 Å². The van der Waals surface area contributed by atoms with Crippen LogP contribution in [0.4, 0.5) is 9.18 Å². The van der Waals surface area contributed by atoms with E-state index < -0.39 is 5.82 Å². The van der Waals surface area contributed by atoms with E-state index in [4.69, 9.17) is 21.1 Å². The highest BCUT2D eigenvalue weighted by molar-refractivity contribution is 6.30. The van der Waals surface area contributed by atoms with Crippen LogP contribution in [0.2, 0.25) is 5.02 Å². The molecule has 2 atom stereocenters. The first kappa shape index (κ1) is 20.0. The zero-order chi connectivity index (χ0) is 20.7. The fourth-order valence-corrected chi connectivity index (χ4v) is 4.38. The minimum atomic E-state index is -0.600. The van der Waals surface area contributed by atoms with Gasteiger partial charge in [0.05, 0.1) is 17.6 Å². The van der Waals surface area contributed by atoms with Crippen molar-refractivity contribution in [2.75, 3.05) is 13.2 Å². The molecule has 1 aromatic carbocycles. The molecule has 1 aromatic rings. The number of rotatable bonds is 6. The Bertz CT molecular complexity index is 868. The number of ether oxygens (including phenoxy) is 2. The topological polar surface area (TPSA) is 67.9 Å². The summed E-state index contributed by atoms with van der Waals surface area (Å²) in [5.41, 5.74) is 1.75. The minimum absolute atomic E-state index is 0.00223. The lowest BCUT2D eigenvalue weighted by Gasteiger charge is -2.38. The Morgan fingerprint density at radius 1 is 1.41 bits per heavy atom. The number of nitrogens with one attached hydrogen (secondary N) is 1. The first-order valence-electron chi connectivity index (χ1n) is 9.86. The van der Waals surface area contributed by atoms with E-state index in [2.05, 4.69) is 12.2 Å². The molecule has 0 aromatic heterocycles. The molecule has 4 rings (SSSR count). The lowest BCUT2D eigenvalue weighted by atomic mass is 9.73. The standard InChI is InChI=1S/C21H24ClFN2O4/c1-11-5-13(6-11)19-9-25(21(27)29-19)18-8-17(12(18)2)24-20(26)10-28-14-3-4-15(22)16(23)7-14/h3-4,7,11,13,18-19H,5-6,8-10H2,1-2H3,(H,24,26). The van der Waals surface area contributed by atoms with Gasteiger partial charge in [0.25, 0.3) is 5.91 Å². The van der Waals surface area contributed by atoms with E-state index in [-0.39, 0.29) is 41.5 Å². The Hall–Kier alpha value is -2.28. The summed E-state index contributed by atoms with van der Waals surface area (Å²) in [4.78, 5) is 26.2. The van der Waals surface area contributed by atoms with Gasteiger partial charge in [-0.05, 0) is 49.3 Å². The van der Waals surface area contributed by atoms with E-state index in [0.717, 1.165) is 30.2 Å². The molecule has 6 nitrogen and oxygen atoms in total. The number of nitrogens with zero attached hydrogens (tertiary/aromatic N) is 1. The third kappa shape index (κ3) is 4.06. The molecule has 29 heavy (non-hydrogen) atoms. The van der Waals surface area contributed by atoms with Crippen molar-refractivity contribution in [3.8, 4) is 5.75 Å². The predicted molar refractivity (Wildman–Crippen MR) is 105 cm³/mol. The summed E-state index contributed by atoms with van der Waals surface area (Å²) >= 11 is 5.62.